The van der Waals surface area contributed by atoms with Gasteiger partial charge in [-0.3, -0.25) is 20.4 Å². The number of rotatable bonds is 5. The Morgan fingerprint density at radius 3 is 2.56 bits per heavy atom. The van der Waals surface area contributed by atoms with Crippen molar-refractivity contribution in [1.29, 1.82) is 0 Å². The maximum Gasteiger partial charge on any atom is 0.276 e. The lowest BCUT2D eigenvalue weighted by atomic mass is 10.0. The molecule has 2 N–H and O–H groups in total. The quantitative estimate of drug-likeness (QED) is 0.710. The van der Waals surface area contributed by atoms with Gasteiger partial charge in [0.2, 0.25) is 0 Å². The van der Waals surface area contributed by atoms with E-state index in [-0.39, 0.29) is 6.61 Å². The highest BCUT2D eigenvalue weighted by Gasteiger charge is 2.10. The van der Waals surface area contributed by atoms with Crippen LogP contribution in [-0.2, 0) is 4.79 Å². The maximum absolute atomic E-state index is 11.9. The SMILES string of the molecule is CC(C)c1ccc(OCC(=O)NNC(=O)c2cccc(Cl)c2)c(Br)c1. The van der Waals surface area contributed by atoms with E-state index >= 15 is 0 Å². The number of halogens is 2. The molecule has 0 radical (unpaired) electrons. The Labute approximate surface area is 159 Å². The van der Waals surface area contributed by atoms with Crippen molar-refractivity contribution in [3.05, 3.63) is 63.1 Å². The van der Waals surface area contributed by atoms with Crippen molar-refractivity contribution >= 4 is 39.3 Å². The van der Waals surface area contributed by atoms with Crippen LogP contribution in [0.15, 0.2) is 46.9 Å². The summed E-state index contributed by atoms with van der Waals surface area (Å²) in [6.45, 7) is 3.96. The lowest BCUT2D eigenvalue weighted by Crippen LogP contribution is -2.43. The Morgan fingerprint density at radius 1 is 1.16 bits per heavy atom. The molecule has 25 heavy (non-hydrogen) atoms. The van der Waals surface area contributed by atoms with Crippen molar-refractivity contribution in [3.63, 3.8) is 0 Å². The first-order valence-electron chi connectivity index (χ1n) is 7.64. The largest absolute Gasteiger partial charge is 0.483 e. The number of nitrogens with one attached hydrogen (secondary N) is 2. The Kier molecular flexibility index (Phi) is 6.84. The van der Waals surface area contributed by atoms with Crippen LogP contribution in [0.5, 0.6) is 5.75 Å². The number of carbonyl (C=O) groups is 2. The summed E-state index contributed by atoms with van der Waals surface area (Å²) in [6, 6.07) is 12.1. The van der Waals surface area contributed by atoms with Crippen LogP contribution in [0.3, 0.4) is 0 Å². The maximum atomic E-state index is 11.9. The summed E-state index contributed by atoms with van der Waals surface area (Å²) in [5.74, 6) is 0.0181. The van der Waals surface area contributed by atoms with E-state index in [0.29, 0.717) is 22.3 Å². The number of amides is 2. The average Bonchev–Trinajstić information content (AvgIpc) is 2.58. The van der Waals surface area contributed by atoms with Crippen LogP contribution in [0.25, 0.3) is 0 Å². The van der Waals surface area contributed by atoms with Crippen LogP contribution >= 0.6 is 27.5 Å². The Morgan fingerprint density at radius 2 is 1.92 bits per heavy atom. The van der Waals surface area contributed by atoms with Crippen LogP contribution in [0, 0.1) is 0 Å². The van der Waals surface area contributed by atoms with Gasteiger partial charge in [0.25, 0.3) is 11.8 Å². The van der Waals surface area contributed by atoms with Gasteiger partial charge in [0.15, 0.2) is 6.61 Å². The molecular formula is C18H18BrClN2O3. The molecule has 0 spiro atoms. The van der Waals surface area contributed by atoms with E-state index in [1.54, 1.807) is 24.3 Å². The van der Waals surface area contributed by atoms with Crippen molar-refractivity contribution < 1.29 is 14.3 Å². The van der Waals surface area contributed by atoms with Gasteiger partial charge in [0.1, 0.15) is 5.75 Å². The fourth-order valence-corrected chi connectivity index (χ4v) is 2.70. The van der Waals surface area contributed by atoms with Gasteiger partial charge in [-0.15, -0.1) is 0 Å². The molecule has 0 fully saturated rings. The molecule has 7 heteroatoms. The monoisotopic (exact) mass is 424 g/mol. The molecule has 5 nitrogen and oxygen atoms in total. The van der Waals surface area contributed by atoms with E-state index < -0.39 is 11.8 Å². The molecule has 0 saturated heterocycles. The Hall–Kier alpha value is -2.05. The molecule has 0 aliphatic heterocycles. The number of benzene rings is 2. The molecule has 2 amide bonds. The highest BCUT2D eigenvalue weighted by molar-refractivity contribution is 9.10. The third-order valence-electron chi connectivity index (χ3n) is 3.38. The first-order valence-corrected chi connectivity index (χ1v) is 8.81. The second-order valence-corrected chi connectivity index (χ2v) is 6.94. The molecule has 0 atom stereocenters. The molecule has 0 aliphatic carbocycles. The van der Waals surface area contributed by atoms with Gasteiger partial charge < -0.3 is 4.74 Å². The standard InChI is InChI=1S/C18H18BrClN2O3/c1-11(2)12-6-7-16(15(19)9-12)25-10-17(23)21-22-18(24)13-4-3-5-14(20)8-13/h3-9,11H,10H2,1-2H3,(H,21,23)(H,22,24). The summed E-state index contributed by atoms with van der Waals surface area (Å²) in [4.78, 5) is 23.7. The summed E-state index contributed by atoms with van der Waals surface area (Å²) in [6.07, 6.45) is 0. The third kappa shape index (κ3) is 5.76. The predicted molar refractivity (Wildman–Crippen MR) is 101 cm³/mol. The van der Waals surface area contributed by atoms with Gasteiger partial charge in [0, 0.05) is 10.6 Å². The fraction of sp³-hybridized carbons (Fsp3) is 0.222. The van der Waals surface area contributed by atoms with E-state index in [2.05, 4.69) is 40.6 Å². The number of hydrogen-bond donors (Lipinski definition) is 2. The predicted octanol–water partition coefficient (Wildman–Crippen LogP) is 4.07. The number of hydrogen-bond acceptors (Lipinski definition) is 3. The topological polar surface area (TPSA) is 67.4 Å². The number of carbonyl (C=O) groups excluding carboxylic acids is 2. The van der Waals surface area contributed by atoms with Crippen molar-refractivity contribution in [2.24, 2.45) is 0 Å². The van der Waals surface area contributed by atoms with Gasteiger partial charge >= 0.3 is 0 Å². The smallest absolute Gasteiger partial charge is 0.276 e. The van der Waals surface area contributed by atoms with Crippen LogP contribution in [-0.4, -0.2) is 18.4 Å². The van der Waals surface area contributed by atoms with E-state index in [1.807, 2.05) is 12.1 Å². The summed E-state index contributed by atoms with van der Waals surface area (Å²) in [5, 5.41) is 0.442. The van der Waals surface area contributed by atoms with Gasteiger partial charge in [-0.1, -0.05) is 37.6 Å². The van der Waals surface area contributed by atoms with Crippen molar-refractivity contribution in [2.45, 2.75) is 19.8 Å². The summed E-state index contributed by atoms with van der Waals surface area (Å²) in [5.41, 5.74) is 6.12. The molecule has 0 bridgehead atoms. The lowest BCUT2D eigenvalue weighted by Gasteiger charge is -2.12. The van der Waals surface area contributed by atoms with Crippen LogP contribution in [0.1, 0.15) is 35.7 Å². The minimum absolute atomic E-state index is 0.227. The minimum atomic E-state index is -0.477. The first kappa shape index (κ1) is 19.3. The molecule has 0 aliphatic rings. The zero-order valence-corrected chi connectivity index (χ0v) is 16.1. The van der Waals surface area contributed by atoms with Gasteiger partial charge in [-0.2, -0.15) is 0 Å². The van der Waals surface area contributed by atoms with E-state index in [9.17, 15) is 9.59 Å². The second-order valence-electron chi connectivity index (χ2n) is 5.65. The second kappa shape index (κ2) is 8.87. The highest BCUT2D eigenvalue weighted by atomic mass is 79.9. The molecule has 132 valence electrons. The van der Waals surface area contributed by atoms with E-state index in [1.165, 1.54) is 6.07 Å². The summed E-state index contributed by atoms with van der Waals surface area (Å²) < 4.78 is 6.23. The van der Waals surface area contributed by atoms with Gasteiger partial charge in [-0.25, -0.2) is 0 Å². The molecule has 2 aromatic rings. The molecule has 0 unspecified atom stereocenters. The third-order valence-corrected chi connectivity index (χ3v) is 4.24. The molecule has 0 saturated carbocycles. The zero-order valence-electron chi connectivity index (χ0n) is 13.8. The van der Waals surface area contributed by atoms with Crippen molar-refractivity contribution in [1.82, 2.24) is 10.9 Å². The van der Waals surface area contributed by atoms with Crippen LogP contribution in [0.2, 0.25) is 5.02 Å². The van der Waals surface area contributed by atoms with Crippen LogP contribution in [0.4, 0.5) is 0 Å². The normalized spacial score (nSPS) is 10.4. The van der Waals surface area contributed by atoms with Crippen molar-refractivity contribution in [3.8, 4) is 5.75 Å². The van der Waals surface area contributed by atoms with Gasteiger partial charge in [-0.05, 0) is 57.7 Å². The van der Waals surface area contributed by atoms with Crippen molar-refractivity contribution in [2.75, 3.05) is 6.61 Å². The Bertz CT molecular complexity index is 781. The van der Waals surface area contributed by atoms with Crippen LogP contribution < -0.4 is 15.6 Å². The summed E-state index contributed by atoms with van der Waals surface area (Å²) >= 11 is 9.25. The average molecular weight is 426 g/mol. The molecule has 2 rings (SSSR count). The summed E-state index contributed by atoms with van der Waals surface area (Å²) in [7, 11) is 0. The van der Waals surface area contributed by atoms with E-state index in [0.717, 1.165) is 10.0 Å². The number of ether oxygens (including phenoxy) is 1. The van der Waals surface area contributed by atoms with Gasteiger partial charge in [0.05, 0.1) is 4.47 Å². The minimum Gasteiger partial charge on any atom is -0.483 e. The fourth-order valence-electron chi connectivity index (χ4n) is 2.00. The molecule has 0 aromatic heterocycles. The highest BCUT2D eigenvalue weighted by Crippen LogP contribution is 2.28. The Balaban J connectivity index is 1.84. The lowest BCUT2D eigenvalue weighted by molar-refractivity contribution is -0.123. The zero-order chi connectivity index (χ0) is 18.4. The molecule has 2 aromatic carbocycles. The van der Waals surface area contributed by atoms with E-state index in [4.69, 9.17) is 16.3 Å². The molecular weight excluding hydrogens is 408 g/mol. The first-order chi connectivity index (χ1) is 11.9. The molecule has 0 heterocycles. The number of hydrazine groups is 1.